The Bertz CT molecular complexity index is 494. The van der Waals surface area contributed by atoms with Crippen LogP contribution in [-0.4, -0.2) is 46.9 Å². The van der Waals surface area contributed by atoms with E-state index in [4.69, 9.17) is 0 Å². The summed E-state index contributed by atoms with van der Waals surface area (Å²) in [5.74, 6) is 0.215. The van der Waals surface area contributed by atoms with Gasteiger partial charge in [-0.1, -0.05) is 6.92 Å². The number of carbonyl (C=O) groups is 1. The Morgan fingerprint density at radius 3 is 2.71 bits per heavy atom. The lowest BCUT2D eigenvalue weighted by molar-refractivity contribution is -0.389. The first kappa shape index (κ1) is 15.5. The standard InChI is InChI=1S/C14H22N4O3/c1-2-9-17(10-11-5-7-15-8-6-11)14(19)12-3-4-13(16-12)18(20)21/h3-4,11,15-16H,2,5-10H2,1H3. The van der Waals surface area contributed by atoms with Gasteiger partial charge in [0.1, 0.15) is 0 Å². The number of nitrogens with zero attached hydrogens (tertiary/aromatic N) is 2. The molecule has 1 aliphatic heterocycles. The van der Waals surface area contributed by atoms with Crippen LogP contribution in [0.25, 0.3) is 0 Å². The SMILES string of the molecule is CCCN(CC1CCNCC1)C(=O)c1ccc([N+](=O)[O-])[nH]1. The van der Waals surface area contributed by atoms with Crippen molar-refractivity contribution in [3.63, 3.8) is 0 Å². The molecular weight excluding hydrogens is 272 g/mol. The number of aromatic nitrogens is 1. The first-order valence-corrected chi connectivity index (χ1v) is 7.45. The molecule has 1 amide bonds. The van der Waals surface area contributed by atoms with Crippen molar-refractivity contribution in [3.8, 4) is 0 Å². The van der Waals surface area contributed by atoms with Crippen molar-refractivity contribution in [1.82, 2.24) is 15.2 Å². The summed E-state index contributed by atoms with van der Waals surface area (Å²) in [5.41, 5.74) is 0.295. The molecule has 0 bridgehead atoms. The highest BCUT2D eigenvalue weighted by Crippen LogP contribution is 2.17. The normalized spacial score (nSPS) is 15.9. The fourth-order valence-corrected chi connectivity index (χ4v) is 2.71. The van der Waals surface area contributed by atoms with Crippen molar-refractivity contribution in [1.29, 1.82) is 0 Å². The van der Waals surface area contributed by atoms with Crippen molar-refractivity contribution in [2.75, 3.05) is 26.2 Å². The number of hydrogen-bond acceptors (Lipinski definition) is 4. The highest BCUT2D eigenvalue weighted by Gasteiger charge is 2.24. The van der Waals surface area contributed by atoms with Crippen molar-refractivity contribution in [2.45, 2.75) is 26.2 Å². The Morgan fingerprint density at radius 2 is 2.14 bits per heavy atom. The Hall–Kier alpha value is -1.89. The monoisotopic (exact) mass is 294 g/mol. The molecule has 0 radical (unpaired) electrons. The molecule has 1 aromatic heterocycles. The fraction of sp³-hybridized carbons (Fsp3) is 0.643. The van der Waals surface area contributed by atoms with Crippen LogP contribution in [0.15, 0.2) is 12.1 Å². The smallest absolute Gasteiger partial charge is 0.321 e. The van der Waals surface area contributed by atoms with Gasteiger partial charge in [0.25, 0.3) is 5.91 Å². The first-order chi connectivity index (χ1) is 10.1. The summed E-state index contributed by atoms with van der Waals surface area (Å²) in [6, 6.07) is 2.83. The number of piperidine rings is 1. The van der Waals surface area contributed by atoms with Gasteiger partial charge in [-0.15, -0.1) is 0 Å². The summed E-state index contributed by atoms with van der Waals surface area (Å²) in [4.78, 5) is 27.1. The summed E-state index contributed by atoms with van der Waals surface area (Å²) in [6.07, 6.45) is 3.01. The van der Waals surface area contributed by atoms with Gasteiger partial charge in [-0.25, -0.2) is 4.98 Å². The van der Waals surface area contributed by atoms with Crippen LogP contribution in [0, 0.1) is 16.0 Å². The Labute approximate surface area is 123 Å². The van der Waals surface area contributed by atoms with E-state index < -0.39 is 4.92 Å². The van der Waals surface area contributed by atoms with Crippen LogP contribution >= 0.6 is 0 Å². The van der Waals surface area contributed by atoms with Gasteiger partial charge < -0.3 is 20.3 Å². The first-order valence-electron chi connectivity index (χ1n) is 7.45. The van der Waals surface area contributed by atoms with Gasteiger partial charge in [-0.05, 0) is 49.3 Å². The summed E-state index contributed by atoms with van der Waals surface area (Å²) in [7, 11) is 0. The van der Waals surface area contributed by atoms with E-state index >= 15 is 0 Å². The molecule has 2 N–H and O–H groups in total. The predicted octanol–water partition coefficient (Wildman–Crippen LogP) is 1.77. The fourth-order valence-electron chi connectivity index (χ4n) is 2.71. The van der Waals surface area contributed by atoms with Gasteiger partial charge in [0.2, 0.25) is 0 Å². The third-order valence-electron chi connectivity index (χ3n) is 3.82. The molecular formula is C14H22N4O3. The lowest BCUT2D eigenvalue weighted by atomic mass is 9.97. The second kappa shape index (κ2) is 7.21. The molecule has 0 aliphatic carbocycles. The molecule has 116 valence electrons. The molecule has 0 saturated carbocycles. The lowest BCUT2D eigenvalue weighted by Gasteiger charge is -2.29. The molecule has 2 heterocycles. The molecule has 1 aromatic rings. The average molecular weight is 294 g/mol. The van der Waals surface area contributed by atoms with Gasteiger partial charge in [0.05, 0.1) is 0 Å². The van der Waals surface area contributed by atoms with Crippen molar-refractivity contribution >= 4 is 11.7 Å². The maximum Gasteiger partial charge on any atom is 0.321 e. The molecule has 1 fully saturated rings. The zero-order valence-corrected chi connectivity index (χ0v) is 12.3. The van der Waals surface area contributed by atoms with E-state index in [1.807, 2.05) is 11.8 Å². The summed E-state index contributed by atoms with van der Waals surface area (Å²) in [6.45, 7) is 5.41. The number of hydrogen-bond donors (Lipinski definition) is 2. The minimum atomic E-state index is -0.520. The third-order valence-corrected chi connectivity index (χ3v) is 3.82. The van der Waals surface area contributed by atoms with Crippen LogP contribution in [0.3, 0.4) is 0 Å². The van der Waals surface area contributed by atoms with E-state index in [-0.39, 0.29) is 11.7 Å². The van der Waals surface area contributed by atoms with Crippen LogP contribution in [0.1, 0.15) is 36.7 Å². The molecule has 0 unspecified atom stereocenters. The Balaban J connectivity index is 2.04. The number of nitrogens with one attached hydrogen (secondary N) is 2. The molecule has 2 rings (SSSR count). The molecule has 0 spiro atoms. The highest BCUT2D eigenvalue weighted by molar-refractivity contribution is 5.92. The van der Waals surface area contributed by atoms with E-state index in [1.54, 1.807) is 0 Å². The predicted molar refractivity (Wildman–Crippen MR) is 79.2 cm³/mol. The number of amides is 1. The quantitative estimate of drug-likeness (QED) is 0.618. The maximum absolute atomic E-state index is 12.5. The van der Waals surface area contributed by atoms with E-state index in [0.29, 0.717) is 18.2 Å². The third kappa shape index (κ3) is 4.04. The minimum Gasteiger partial charge on any atom is -0.358 e. The van der Waals surface area contributed by atoms with Crippen LogP contribution in [0.5, 0.6) is 0 Å². The second-order valence-electron chi connectivity index (χ2n) is 5.46. The molecule has 7 nitrogen and oxygen atoms in total. The van der Waals surface area contributed by atoms with Crippen LogP contribution in [-0.2, 0) is 0 Å². The van der Waals surface area contributed by atoms with E-state index in [9.17, 15) is 14.9 Å². The lowest BCUT2D eigenvalue weighted by Crippen LogP contribution is -2.39. The maximum atomic E-state index is 12.5. The molecule has 1 aliphatic rings. The summed E-state index contributed by atoms with van der Waals surface area (Å²) >= 11 is 0. The van der Waals surface area contributed by atoms with Crippen LogP contribution in [0.4, 0.5) is 5.82 Å². The topological polar surface area (TPSA) is 91.3 Å². The zero-order valence-electron chi connectivity index (χ0n) is 12.3. The van der Waals surface area contributed by atoms with Crippen molar-refractivity contribution < 1.29 is 9.72 Å². The van der Waals surface area contributed by atoms with Gasteiger partial charge in [-0.3, -0.25) is 4.79 Å². The van der Waals surface area contributed by atoms with Crippen molar-refractivity contribution in [3.05, 3.63) is 27.9 Å². The number of nitro groups is 1. The molecule has 21 heavy (non-hydrogen) atoms. The Morgan fingerprint density at radius 1 is 1.43 bits per heavy atom. The van der Waals surface area contributed by atoms with E-state index in [1.165, 1.54) is 12.1 Å². The van der Waals surface area contributed by atoms with Gasteiger partial charge in [0.15, 0.2) is 5.69 Å². The van der Waals surface area contributed by atoms with E-state index in [2.05, 4.69) is 10.3 Å². The number of aromatic amines is 1. The van der Waals surface area contributed by atoms with Crippen LogP contribution < -0.4 is 5.32 Å². The molecule has 7 heteroatoms. The average Bonchev–Trinajstić information content (AvgIpc) is 2.97. The molecule has 0 atom stereocenters. The molecule has 0 aromatic carbocycles. The van der Waals surface area contributed by atoms with Crippen molar-refractivity contribution in [2.24, 2.45) is 5.92 Å². The number of H-pyrrole nitrogens is 1. The van der Waals surface area contributed by atoms with Crippen LogP contribution in [0.2, 0.25) is 0 Å². The largest absolute Gasteiger partial charge is 0.358 e. The van der Waals surface area contributed by atoms with Gasteiger partial charge in [0, 0.05) is 19.2 Å². The summed E-state index contributed by atoms with van der Waals surface area (Å²) < 4.78 is 0. The summed E-state index contributed by atoms with van der Waals surface area (Å²) in [5, 5.41) is 14.0. The van der Waals surface area contributed by atoms with Gasteiger partial charge in [-0.2, -0.15) is 0 Å². The minimum absolute atomic E-state index is 0.142. The van der Waals surface area contributed by atoms with Gasteiger partial charge >= 0.3 is 5.82 Å². The van der Waals surface area contributed by atoms with E-state index in [0.717, 1.165) is 38.9 Å². The number of rotatable bonds is 6. The highest BCUT2D eigenvalue weighted by atomic mass is 16.6. The zero-order chi connectivity index (χ0) is 15.2. The number of carbonyl (C=O) groups excluding carboxylic acids is 1. The molecule has 1 saturated heterocycles. The second-order valence-corrected chi connectivity index (χ2v) is 5.46. The Kier molecular flexibility index (Phi) is 5.32.